The average Bonchev–Trinajstić information content (AvgIpc) is 2.94. The highest BCUT2D eigenvalue weighted by molar-refractivity contribution is 8.27. The lowest BCUT2D eigenvalue weighted by molar-refractivity contribution is -0.116. The first-order chi connectivity index (χ1) is 10.5. The molecule has 2 aliphatic rings. The molecule has 0 aliphatic carbocycles. The molecule has 1 aromatic rings. The van der Waals surface area contributed by atoms with Crippen LogP contribution in [-0.2, 0) is 9.59 Å². The minimum atomic E-state index is -0.202. The molecule has 2 N–H and O–H groups in total. The lowest BCUT2D eigenvalue weighted by Gasteiger charge is -2.02. The monoisotopic (exact) mass is 364 g/mol. The number of thiocarbonyl (C=S) groups is 2. The summed E-state index contributed by atoms with van der Waals surface area (Å²) >= 11 is 12.4. The fourth-order valence-electron chi connectivity index (χ4n) is 1.90. The minimum absolute atomic E-state index is 0.202. The average molecular weight is 364 g/mol. The predicted octanol–water partition coefficient (Wildman–Crippen LogP) is 2.66. The van der Waals surface area contributed by atoms with Crippen molar-refractivity contribution in [2.45, 2.75) is 0 Å². The van der Waals surface area contributed by atoms with Crippen molar-refractivity contribution in [2.75, 3.05) is 0 Å². The number of nitrogens with one attached hydrogen (secondary N) is 2. The van der Waals surface area contributed by atoms with Gasteiger partial charge in [0.05, 0.1) is 9.81 Å². The van der Waals surface area contributed by atoms with Crippen LogP contribution in [0.4, 0.5) is 0 Å². The number of amides is 2. The van der Waals surface area contributed by atoms with Gasteiger partial charge in [0, 0.05) is 0 Å². The summed E-state index contributed by atoms with van der Waals surface area (Å²) < 4.78 is 0.895. The lowest BCUT2D eigenvalue weighted by atomic mass is 10.1. The highest BCUT2D eigenvalue weighted by Crippen LogP contribution is 2.30. The molecule has 22 heavy (non-hydrogen) atoms. The molecule has 0 aromatic heterocycles. The van der Waals surface area contributed by atoms with Crippen LogP contribution in [0.2, 0.25) is 0 Å². The van der Waals surface area contributed by atoms with Crippen molar-refractivity contribution in [3.8, 4) is 0 Å². The summed E-state index contributed by atoms with van der Waals surface area (Å²) in [7, 11) is 0. The molecule has 1 aromatic carbocycles. The molecule has 2 aliphatic heterocycles. The number of hydrogen-bond acceptors (Lipinski definition) is 6. The van der Waals surface area contributed by atoms with Gasteiger partial charge in [0.1, 0.15) is 8.64 Å². The van der Waals surface area contributed by atoms with Crippen LogP contribution in [0.1, 0.15) is 11.1 Å². The number of thioether (sulfide) groups is 2. The fourth-order valence-corrected chi connectivity index (χ4v) is 3.97. The minimum Gasteiger partial charge on any atom is -0.307 e. The molecule has 2 fully saturated rings. The number of rotatable bonds is 2. The summed E-state index contributed by atoms with van der Waals surface area (Å²) in [4.78, 5) is 24.6. The van der Waals surface area contributed by atoms with E-state index in [0.29, 0.717) is 18.5 Å². The molecule has 8 heteroatoms. The fraction of sp³-hybridized carbons (Fsp3) is 0. The molecule has 0 bridgehead atoms. The van der Waals surface area contributed by atoms with Crippen LogP contribution in [0.5, 0.6) is 0 Å². The van der Waals surface area contributed by atoms with E-state index in [2.05, 4.69) is 10.6 Å². The molecule has 4 nitrogen and oxygen atoms in total. The molecule has 0 spiro atoms. The van der Waals surface area contributed by atoms with Gasteiger partial charge in [-0.3, -0.25) is 9.59 Å². The van der Waals surface area contributed by atoms with E-state index in [-0.39, 0.29) is 11.8 Å². The highest BCUT2D eigenvalue weighted by atomic mass is 32.2. The zero-order chi connectivity index (χ0) is 15.7. The van der Waals surface area contributed by atoms with Gasteiger partial charge in [-0.15, -0.1) is 0 Å². The Morgan fingerprint density at radius 3 is 1.55 bits per heavy atom. The van der Waals surface area contributed by atoms with Crippen LogP contribution < -0.4 is 10.6 Å². The SMILES string of the molecule is O=C1NC(=S)SC1=Cc1ccccc1C=C1SC(=S)NC1=O. The molecule has 0 saturated carbocycles. The predicted molar refractivity (Wildman–Crippen MR) is 99.1 cm³/mol. The lowest BCUT2D eigenvalue weighted by Crippen LogP contribution is -2.17. The van der Waals surface area contributed by atoms with Gasteiger partial charge in [-0.2, -0.15) is 0 Å². The van der Waals surface area contributed by atoms with E-state index in [4.69, 9.17) is 24.4 Å². The molecule has 110 valence electrons. The zero-order valence-corrected chi connectivity index (χ0v) is 14.2. The Kier molecular flexibility index (Phi) is 4.44. The molecule has 2 saturated heterocycles. The van der Waals surface area contributed by atoms with Crippen molar-refractivity contribution >= 4 is 80.6 Å². The molecule has 0 unspecified atom stereocenters. The van der Waals surface area contributed by atoms with Crippen LogP contribution in [0.15, 0.2) is 34.1 Å². The third-order valence-electron chi connectivity index (χ3n) is 2.85. The van der Waals surface area contributed by atoms with Gasteiger partial charge in [0.25, 0.3) is 11.8 Å². The summed E-state index contributed by atoms with van der Waals surface area (Å²) in [5, 5.41) is 5.16. The molecular formula is C14H8N2O2S4. The normalized spacial score (nSPS) is 21.6. The Morgan fingerprint density at radius 2 is 1.23 bits per heavy atom. The zero-order valence-electron chi connectivity index (χ0n) is 10.9. The summed E-state index contributed by atoms with van der Waals surface area (Å²) in [6.07, 6.45) is 3.53. The third kappa shape index (κ3) is 3.30. The maximum Gasteiger partial charge on any atom is 0.263 e. The smallest absolute Gasteiger partial charge is 0.263 e. The van der Waals surface area contributed by atoms with Gasteiger partial charge in [-0.25, -0.2) is 0 Å². The summed E-state index contributed by atoms with van der Waals surface area (Å²) in [6.45, 7) is 0. The quantitative estimate of drug-likeness (QED) is 0.622. The number of hydrogen-bond donors (Lipinski definition) is 2. The standard InChI is InChI=1S/C14H8N2O2S4/c17-11-9(21-13(19)15-11)5-7-3-1-2-4-8(7)6-10-12(18)16-14(20)22-10/h1-6H,(H,15,17,19)(H,16,18,20). The van der Waals surface area contributed by atoms with Crippen LogP contribution in [-0.4, -0.2) is 20.5 Å². The second-order valence-electron chi connectivity index (χ2n) is 4.33. The summed E-state index contributed by atoms with van der Waals surface area (Å²) in [5.74, 6) is -0.404. The largest absolute Gasteiger partial charge is 0.307 e. The number of carbonyl (C=O) groups is 2. The van der Waals surface area contributed by atoms with Gasteiger partial charge < -0.3 is 10.6 Å². The third-order valence-corrected chi connectivity index (χ3v) is 5.18. The maximum absolute atomic E-state index is 11.8. The van der Waals surface area contributed by atoms with Gasteiger partial charge >= 0.3 is 0 Å². The number of carbonyl (C=O) groups excluding carboxylic acids is 2. The topological polar surface area (TPSA) is 58.2 Å². The Hall–Kier alpha value is -1.48. The van der Waals surface area contributed by atoms with E-state index in [9.17, 15) is 9.59 Å². The van der Waals surface area contributed by atoms with Crippen LogP contribution >= 0.6 is 48.0 Å². The summed E-state index contributed by atoms with van der Waals surface area (Å²) in [5.41, 5.74) is 1.67. The number of benzene rings is 1. The molecule has 2 heterocycles. The van der Waals surface area contributed by atoms with E-state index in [1.807, 2.05) is 24.3 Å². The van der Waals surface area contributed by atoms with Crippen molar-refractivity contribution in [3.05, 3.63) is 45.2 Å². The van der Waals surface area contributed by atoms with E-state index in [1.165, 1.54) is 23.5 Å². The molecule has 2 amide bonds. The molecule has 3 rings (SSSR count). The van der Waals surface area contributed by atoms with Crippen molar-refractivity contribution in [2.24, 2.45) is 0 Å². The van der Waals surface area contributed by atoms with Crippen molar-refractivity contribution < 1.29 is 9.59 Å². The van der Waals surface area contributed by atoms with E-state index >= 15 is 0 Å². The Balaban J connectivity index is 1.98. The first kappa shape index (κ1) is 15.4. The Morgan fingerprint density at radius 1 is 0.818 bits per heavy atom. The maximum atomic E-state index is 11.8. The highest BCUT2D eigenvalue weighted by Gasteiger charge is 2.24. The van der Waals surface area contributed by atoms with Crippen molar-refractivity contribution in [3.63, 3.8) is 0 Å². The van der Waals surface area contributed by atoms with Crippen molar-refractivity contribution in [1.82, 2.24) is 10.6 Å². The van der Waals surface area contributed by atoms with Gasteiger partial charge in [0.2, 0.25) is 0 Å². The van der Waals surface area contributed by atoms with E-state index in [1.54, 1.807) is 12.2 Å². The molecular weight excluding hydrogens is 356 g/mol. The van der Waals surface area contributed by atoms with Crippen LogP contribution in [0, 0.1) is 0 Å². The van der Waals surface area contributed by atoms with Gasteiger partial charge in [-0.1, -0.05) is 72.2 Å². The first-order valence-corrected chi connectivity index (χ1v) is 8.56. The Labute approximate surface area is 145 Å². The first-order valence-electron chi connectivity index (χ1n) is 6.12. The Bertz CT molecular complexity index is 718. The van der Waals surface area contributed by atoms with Gasteiger partial charge in [-0.05, 0) is 23.3 Å². The van der Waals surface area contributed by atoms with E-state index < -0.39 is 0 Å². The van der Waals surface area contributed by atoms with Crippen LogP contribution in [0.3, 0.4) is 0 Å². The van der Waals surface area contributed by atoms with Crippen molar-refractivity contribution in [1.29, 1.82) is 0 Å². The summed E-state index contributed by atoms with van der Waals surface area (Å²) in [6, 6.07) is 7.50. The molecule has 0 atom stereocenters. The molecule has 0 radical (unpaired) electrons. The van der Waals surface area contributed by atoms with E-state index in [0.717, 1.165) is 11.1 Å². The van der Waals surface area contributed by atoms with Gasteiger partial charge in [0.15, 0.2) is 0 Å². The van der Waals surface area contributed by atoms with Crippen LogP contribution in [0.25, 0.3) is 12.2 Å². The second-order valence-corrected chi connectivity index (χ2v) is 7.77. The second kappa shape index (κ2) is 6.33.